The Morgan fingerprint density at radius 3 is 2.53 bits per heavy atom. The third-order valence-electron chi connectivity index (χ3n) is 2.95. The van der Waals surface area contributed by atoms with Crippen LogP contribution in [0.15, 0.2) is 18.2 Å². The SMILES string of the molecule is C[C@@H]1CN(c2ccc(CO)cc2Cl)C[C@H](C)O1. The first-order valence-electron chi connectivity index (χ1n) is 5.90. The summed E-state index contributed by atoms with van der Waals surface area (Å²) in [5, 5.41) is 9.75. The lowest BCUT2D eigenvalue weighted by molar-refractivity contribution is -0.00521. The van der Waals surface area contributed by atoms with E-state index in [0.29, 0.717) is 5.02 Å². The van der Waals surface area contributed by atoms with Gasteiger partial charge in [-0.1, -0.05) is 17.7 Å². The van der Waals surface area contributed by atoms with Gasteiger partial charge in [0.2, 0.25) is 0 Å². The first kappa shape index (κ1) is 12.7. The van der Waals surface area contributed by atoms with E-state index < -0.39 is 0 Å². The average molecular weight is 256 g/mol. The molecule has 0 saturated carbocycles. The third-order valence-corrected chi connectivity index (χ3v) is 3.26. The highest BCUT2D eigenvalue weighted by molar-refractivity contribution is 6.33. The summed E-state index contributed by atoms with van der Waals surface area (Å²) in [6, 6.07) is 5.70. The van der Waals surface area contributed by atoms with Crippen molar-refractivity contribution in [2.45, 2.75) is 32.7 Å². The van der Waals surface area contributed by atoms with Crippen LogP contribution in [0.5, 0.6) is 0 Å². The fourth-order valence-electron chi connectivity index (χ4n) is 2.28. The number of halogens is 1. The maximum Gasteiger partial charge on any atom is 0.0726 e. The van der Waals surface area contributed by atoms with E-state index in [9.17, 15) is 0 Å². The van der Waals surface area contributed by atoms with Gasteiger partial charge in [-0.05, 0) is 31.5 Å². The summed E-state index contributed by atoms with van der Waals surface area (Å²) in [5.74, 6) is 0. The Bertz CT molecular complexity index is 387. The van der Waals surface area contributed by atoms with E-state index in [1.165, 1.54) is 0 Å². The van der Waals surface area contributed by atoms with Gasteiger partial charge in [0.05, 0.1) is 29.5 Å². The van der Waals surface area contributed by atoms with Gasteiger partial charge in [-0.25, -0.2) is 0 Å². The molecule has 0 unspecified atom stereocenters. The van der Waals surface area contributed by atoms with Crippen molar-refractivity contribution in [2.24, 2.45) is 0 Å². The normalized spacial score (nSPS) is 25.1. The van der Waals surface area contributed by atoms with Crippen LogP contribution in [0.3, 0.4) is 0 Å². The number of aliphatic hydroxyl groups excluding tert-OH is 1. The minimum atomic E-state index is 0.0237. The third kappa shape index (κ3) is 2.92. The van der Waals surface area contributed by atoms with Gasteiger partial charge < -0.3 is 14.7 Å². The summed E-state index contributed by atoms with van der Waals surface area (Å²) >= 11 is 6.24. The summed E-state index contributed by atoms with van der Waals surface area (Å²) in [6.07, 6.45) is 0.430. The van der Waals surface area contributed by atoms with Crippen LogP contribution in [0.2, 0.25) is 5.02 Å². The van der Waals surface area contributed by atoms with E-state index in [2.05, 4.69) is 18.7 Å². The molecule has 1 aliphatic heterocycles. The summed E-state index contributed by atoms with van der Waals surface area (Å²) < 4.78 is 5.70. The molecule has 2 rings (SSSR count). The van der Waals surface area contributed by atoms with E-state index in [0.717, 1.165) is 24.3 Å². The summed E-state index contributed by atoms with van der Waals surface area (Å²) in [4.78, 5) is 2.24. The van der Waals surface area contributed by atoms with Gasteiger partial charge in [-0.2, -0.15) is 0 Å². The zero-order valence-corrected chi connectivity index (χ0v) is 10.9. The molecular weight excluding hydrogens is 238 g/mol. The molecule has 1 aromatic rings. The first-order chi connectivity index (χ1) is 8.10. The van der Waals surface area contributed by atoms with Crippen molar-refractivity contribution in [3.05, 3.63) is 28.8 Å². The quantitative estimate of drug-likeness (QED) is 0.881. The highest BCUT2D eigenvalue weighted by atomic mass is 35.5. The van der Waals surface area contributed by atoms with Crippen molar-refractivity contribution in [3.63, 3.8) is 0 Å². The van der Waals surface area contributed by atoms with E-state index >= 15 is 0 Å². The maximum atomic E-state index is 9.06. The topological polar surface area (TPSA) is 32.7 Å². The van der Waals surface area contributed by atoms with Gasteiger partial charge in [0.1, 0.15) is 0 Å². The Labute approximate surface area is 107 Å². The fraction of sp³-hybridized carbons (Fsp3) is 0.538. The van der Waals surface area contributed by atoms with E-state index in [-0.39, 0.29) is 18.8 Å². The van der Waals surface area contributed by atoms with Gasteiger partial charge in [-0.3, -0.25) is 0 Å². The van der Waals surface area contributed by atoms with Gasteiger partial charge >= 0.3 is 0 Å². The minimum absolute atomic E-state index is 0.0237. The van der Waals surface area contributed by atoms with Gasteiger partial charge in [0.15, 0.2) is 0 Å². The number of aliphatic hydroxyl groups is 1. The molecule has 1 aliphatic rings. The second kappa shape index (κ2) is 5.25. The van der Waals surface area contributed by atoms with Crippen LogP contribution >= 0.6 is 11.6 Å². The maximum absolute atomic E-state index is 9.06. The number of hydrogen-bond donors (Lipinski definition) is 1. The lowest BCUT2D eigenvalue weighted by atomic mass is 10.1. The molecule has 0 spiro atoms. The largest absolute Gasteiger partial charge is 0.392 e. The van der Waals surface area contributed by atoms with Crippen LogP contribution in [0.1, 0.15) is 19.4 Å². The standard InChI is InChI=1S/C13H18ClNO2/c1-9-6-15(7-10(2)17-9)13-4-3-11(8-16)5-12(13)14/h3-5,9-10,16H,6-8H2,1-2H3/t9-,10+. The predicted molar refractivity (Wildman–Crippen MR) is 69.6 cm³/mol. The molecule has 1 fully saturated rings. The van der Waals surface area contributed by atoms with Crippen molar-refractivity contribution in [1.29, 1.82) is 0 Å². The zero-order chi connectivity index (χ0) is 12.4. The Morgan fingerprint density at radius 1 is 1.35 bits per heavy atom. The number of nitrogens with zero attached hydrogens (tertiary/aromatic N) is 1. The Balaban J connectivity index is 2.21. The zero-order valence-electron chi connectivity index (χ0n) is 10.2. The van der Waals surface area contributed by atoms with E-state index in [4.69, 9.17) is 21.4 Å². The smallest absolute Gasteiger partial charge is 0.0726 e. The highest BCUT2D eigenvalue weighted by Crippen LogP contribution is 2.29. The minimum Gasteiger partial charge on any atom is -0.392 e. The second-order valence-electron chi connectivity index (χ2n) is 4.61. The predicted octanol–water partition coefficient (Wildman–Crippen LogP) is 2.45. The van der Waals surface area contributed by atoms with Crippen LogP contribution in [0, 0.1) is 0 Å². The molecule has 94 valence electrons. The number of morpholine rings is 1. The second-order valence-corrected chi connectivity index (χ2v) is 5.01. The Hall–Kier alpha value is -0.770. The van der Waals surface area contributed by atoms with Crippen LogP contribution in [0.25, 0.3) is 0 Å². The fourth-order valence-corrected chi connectivity index (χ4v) is 2.60. The Kier molecular flexibility index (Phi) is 3.92. The molecule has 1 N–H and O–H groups in total. The molecule has 0 amide bonds. The first-order valence-corrected chi connectivity index (χ1v) is 6.27. The molecule has 3 nitrogen and oxygen atoms in total. The highest BCUT2D eigenvalue weighted by Gasteiger charge is 2.23. The van der Waals surface area contributed by atoms with Crippen LogP contribution < -0.4 is 4.90 Å². The van der Waals surface area contributed by atoms with Gasteiger partial charge in [0.25, 0.3) is 0 Å². The molecule has 0 radical (unpaired) electrons. The summed E-state index contributed by atoms with van der Waals surface area (Å²) in [6.45, 7) is 5.86. The molecule has 1 aromatic carbocycles. The number of ether oxygens (including phenoxy) is 1. The molecule has 1 saturated heterocycles. The van der Waals surface area contributed by atoms with Crippen LogP contribution in [0.4, 0.5) is 5.69 Å². The molecule has 2 atom stereocenters. The molecular formula is C13H18ClNO2. The van der Waals surface area contributed by atoms with Crippen molar-refractivity contribution < 1.29 is 9.84 Å². The number of hydrogen-bond acceptors (Lipinski definition) is 3. The molecule has 0 aliphatic carbocycles. The van der Waals surface area contributed by atoms with E-state index in [1.807, 2.05) is 18.2 Å². The average Bonchev–Trinajstić information content (AvgIpc) is 2.27. The lowest BCUT2D eigenvalue weighted by Crippen LogP contribution is -2.45. The van der Waals surface area contributed by atoms with Crippen molar-refractivity contribution in [2.75, 3.05) is 18.0 Å². The number of benzene rings is 1. The Morgan fingerprint density at radius 2 is 2.00 bits per heavy atom. The molecule has 0 aromatic heterocycles. The molecule has 1 heterocycles. The van der Waals surface area contributed by atoms with Gasteiger partial charge in [-0.15, -0.1) is 0 Å². The summed E-state index contributed by atoms with van der Waals surface area (Å²) in [5.41, 5.74) is 1.86. The van der Waals surface area contributed by atoms with Crippen LogP contribution in [-0.4, -0.2) is 30.4 Å². The van der Waals surface area contributed by atoms with Crippen molar-refractivity contribution in [1.82, 2.24) is 0 Å². The van der Waals surface area contributed by atoms with Gasteiger partial charge in [0, 0.05) is 13.1 Å². The number of anilines is 1. The van der Waals surface area contributed by atoms with Crippen molar-refractivity contribution in [3.8, 4) is 0 Å². The monoisotopic (exact) mass is 255 g/mol. The lowest BCUT2D eigenvalue weighted by Gasteiger charge is -2.37. The summed E-state index contributed by atoms with van der Waals surface area (Å²) in [7, 11) is 0. The molecule has 4 heteroatoms. The number of rotatable bonds is 2. The van der Waals surface area contributed by atoms with Crippen molar-refractivity contribution >= 4 is 17.3 Å². The molecule has 0 bridgehead atoms. The van der Waals surface area contributed by atoms with E-state index in [1.54, 1.807) is 0 Å². The molecule has 17 heavy (non-hydrogen) atoms. The van der Waals surface area contributed by atoms with Crippen LogP contribution in [-0.2, 0) is 11.3 Å².